The van der Waals surface area contributed by atoms with Crippen molar-refractivity contribution in [3.05, 3.63) is 53.6 Å². The van der Waals surface area contributed by atoms with Gasteiger partial charge in [0.15, 0.2) is 5.65 Å². The van der Waals surface area contributed by atoms with Crippen molar-refractivity contribution in [2.24, 2.45) is 5.92 Å². The summed E-state index contributed by atoms with van der Waals surface area (Å²) < 4.78 is 21.9. The van der Waals surface area contributed by atoms with Crippen molar-refractivity contribution >= 4 is 17.4 Å². The molecule has 3 aromatic rings. The molecule has 1 amide bonds. The molecule has 2 aliphatic heterocycles. The molecular formula is C21H22FN5O2. The first-order valence-electron chi connectivity index (χ1n) is 9.85. The van der Waals surface area contributed by atoms with Gasteiger partial charge in [-0.25, -0.2) is 13.9 Å². The zero-order chi connectivity index (χ0) is 20.1. The van der Waals surface area contributed by atoms with Gasteiger partial charge in [-0.1, -0.05) is 6.92 Å². The van der Waals surface area contributed by atoms with Crippen LogP contribution in [0.15, 0.2) is 36.7 Å². The highest BCUT2D eigenvalue weighted by atomic mass is 19.1. The number of rotatable bonds is 0. The summed E-state index contributed by atoms with van der Waals surface area (Å²) in [5, 5.41) is 7.12. The van der Waals surface area contributed by atoms with E-state index in [0.29, 0.717) is 29.4 Å². The number of hydrogen-bond acceptors (Lipinski definition) is 5. The fourth-order valence-corrected chi connectivity index (χ4v) is 4.25. The molecule has 8 heteroatoms. The minimum atomic E-state index is -0.293. The van der Waals surface area contributed by atoms with E-state index in [0.717, 1.165) is 24.3 Å². The highest BCUT2D eigenvalue weighted by Gasteiger charge is 2.34. The third-order valence-corrected chi connectivity index (χ3v) is 5.61. The van der Waals surface area contributed by atoms with Crippen LogP contribution in [0.1, 0.15) is 42.2 Å². The van der Waals surface area contributed by atoms with E-state index < -0.39 is 0 Å². The van der Waals surface area contributed by atoms with Gasteiger partial charge in [0.25, 0.3) is 5.91 Å². The molecule has 7 nitrogen and oxygen atoms in total. The van der Waals surface area contributed by atoms with E-state index in [1.807, 2.05) is 13.0 Å². The van der Waals surface area contributed by atoms with E-state index in [-0.39, 0.29) is 23.9 Å². The SMILES string of the molecule is CC1C[C@@H]2c3cc(F)ccc3OC(C)CNC(=O)c3cnn4ccc(nc34)N2C1. The van der Waals surface area contributed by atoms with Crippen molar-refractivity contribution in [1.82, 2.24) is 19.9 Å². The minimum absolute atomic E-state index is 0.0614. The van der Waals surface area contributed by atoms with Crippen LogP contribution >= 0.6 is 0 Å². The molecule has 0 saturated carbocycles. The van der Waals surface area contributed by atoms with Crippen molar-refractivity contribution in [3.8, 4) is 5.75 Å². The molecule has 2 aromatic heterocycles. The molecular weight excluding hydrogens is 373 g/mol. The molecule has 1 N–H and O–H groups in total. The van der Waals surface area contributed by atoms with Gasteiger partial charge in [-0.2, -0.15) is 5.10 Å². The van der Waals surface area contributed by atoms with Gasteiger partial charge in [-0.05, 0) is 43.5 Å². The molecule has 0 aliphatic carbocycles. The van der Waals surface area contributed by atoms with E-state index >= 15 is 0 Å². The average molecular weight is 395 g/mol. The summed E-state index contributed by atoms with van der Waals surface area (Å²) in [7, 11) is 0. The second kappa shape index (κ2) is 6.72. The van der Waals surface area contributed by atoms with Gasteiger partial charge in [0.1, 0.15) is 29.1 Å². The number of hydrogen-bond donors (Lipinski definition) is 1. The Morgan fingerprint density at radius 1 is 1.28 bits per heavy atom. The number of carbonyl (C=O) groups is 1. The molecule has 2 unspecified atom stereocenters. The van der Waals surface area contributed by atoms with Crippen molar-refractivity contribution in [3.63, 3.8) is 0 Å². The van der Waals surface area contributed by atoms with Crippen LogP contribution in [-0.2, 0) is 0 Å². The average Bonchev–Trinajstić information content (AvgIpc) is 3.30. The second-order valence-corrected chi connectivity index (χ2v) is 7.94. The Bertz CT molecular complexity index is 1100. The highest BCUT2D eigenvalue weighted by Crippen LogP contribution is 2.42. The number of aromatic nitrogens is 3. The third-order valence-electron chi connectivity index (χ3n) is 5.61. The van der Waals surface area contributed by atoms with Crippen molar-refractivity contribution in [2.45, 2.75) is 32.4 Å². The van der Waals surface area contributed by atoms with Crippen LogP contribution in [0.25, 0.3) is 5.65 Å². The standard InChI is InChI=1S/C21H22FN5O2/c1-12-7-17-15-8-14(22)3-4-18(15)29-13(2)9-23-21(28)16-10-24-27-6-5-19(25-20(16)27)26(17)11-12/h3-6,8,10,12-13,17H,7,9,11H2,1-2H3,(H,23,28)/t12?,13?,17-/m1/s1. The van der Waals surface area contributed by atoms with Crippen LogP contribution in [0.3, 0.4) is 0 Å². The molecule has 5 rings (SSSR count). The van der Waals surface area contributed by atoms with Gasteiger partial charge in [-0.15, -0.1) is 0 Å². The maximum atomic E-state index is 14.2. The Morgan fingerprint density at radius 3 is 3.00 bits per heavy atom. The molecule has 150 valence electrons. The first-order valence-corrected chi connectivity index (χ1v) is 9.85. The van der Waals surface area contributed by atoms with E-state index in [9.17, 15) is 9.18 Å². The Kier molecular flexibility index (Phi) is 4.15. The van der Waals surface area contributed by atoms with Gasteiger partial charge in [0, 0.05) is 18.3 Å². The van der Waals surface area contributed by atoms with Crippen LogP contribution in [0.4, 0.5) is 10.2 Å². The van der Waals surface area contributed by atoms with E-state index in [1.54, 1.807) is 22.8 Å². The minimum Gasteiger partial charge on any atom is -0.489 e. The second-order valence-electron chi connectivity index (χ2n) is 7.94. The van der Waals surface area contributed by atoms with E-state index in [2.05, 4.69) is 22.2 Å². The highest BCUT2D eigenvalue weighted by molar-refractivity contribution is 5.99. The van der Waals surface area contributed by atoms with Crippen LogP contribution in [-0.4, -0.2) is 39.7 Å². The maximum Gasteiger partial charge on any atom is 0.256 e. The van der Waals surface area contributed by atoms with Crippen LogP contribution in [0.5, 0.6) is 5.75 Å². The number of fused-ring (bicyclic) bond motifs is 5. The topological polar surface area (TPSA) is 71.8 Å². The Morgan fingerprint density at radius 2 is 2.14 bits per heavy atom. The zero-order valence-electron chi connectivity index (χ0n) is 16.3. The summed E-state index contributed by atoms with van der Waals surface area (Å²) in [6.07, 6.45) is 3.92. The van der Waals surface area contributed by atoms with Gasteiger partial charge in [0.2, 0.25) is 0 Å². The number of nitrogens with one attached hydrogen (secondary N) is 1. The predicted molar refractivity (Wildman–Crippen MR) is 106 cm³/mol. The Balaban J connectivity index is 1.70. The molecule has 2 aliphatic rings. The molecule has 1 saturated heterocycles. The predicted octanol–water partition coefficient (Wildman–Crippen LogP) is 2.97. The van der Waals surface area contributed by atoms with Crippen molar-refractivity contribution in [2.75, 3.05) is 18.0 Å². The molecule has 3 atom stereocenters. The molecule has 4 heterocycles. The quantitative estimate of drug-likeness (QED) is 0.634. The van der Waals surface area contributed by atoms with Gasteiger partial charge < -0.3 is 15.0 Å². The molecule has 1 aromatic carbocycles. The smallest absolute Gasteiger partial charge is 0.256 e. The number of carbonyl (C=O) groups excluding carboxylic acids is 1. The summed E-state index contributed by atoms with van der Waals surface area (Å²) in [6.45, 7) is 5.16. The summed E-state index contributed by atoms with van der Waals surface area (Å²) in [5.74, 6) is 1.25. The monoisotopic (exact) mass is 395 g/mol. The lowest BCUT2D eigenvalue weighted by Crippen LogP contribution is -2.33. The summed E-state index contributed by atoms with van der Waals surface area (Å²) in [6, 6.07) is 6.46. The third kappa shape index (κ3) is 3.08. The lowest BCUT2D eigenvalue weighted by Gasteiger charge is -2.28. The van der Waals surface area contributed by atoms with Crippen LogP contribution < -0.4 is 15.0 Å². The van der Waals surface area contributed by atoms with Crippen molar-refractivity contribution in [1.29, 1.82) is 0 Å². The summed E-state index contributed by atoms with van der Waals surface area (Å²) in [4.78, 5) is 19.6. The fraction of sp³-hybridized carbons (Fsp3) is 0.381. The lowest BCUT2D eigenvalue weighted by molar-refractivity contribution is 0.0933. The lowest BCUT2D eigenvalue weighted by atomic mass is 9.99. The van der Waals surface area contributed by atoms with Crippen LogP contribution in [0, 0.1) is 11.7 Å². The first-order chi connectivity index (χ1) is 14.0. The number of benzene rings is 1. The zero-order valence-corrected chi connectivity index (χ0v) is 16.3. The normalized spacial score (nSPS) is 24.2. The summed E-state index contributed by atoms with van der Waals surface area (Å²) >= 11 is 0. The number of anilines is 1. The van der Waals surface area contributed by atoms with E-state index in [4.69, 9.17) is 9.72 Å². The van der Waals surface area contributed by atoms with Gasteiger partial charge in [-0.3, -0.25) is 4.79 Å². The first kappa shape index (κ1) is 17.9. The van der Waals surface area contributed by atoms with Gasteiger partial charge >= 0.3 is 0 Å². The van der Waals surface area contributed by atoms with Crippen LogP contribution in [0.2, 0.25) is 0 Å². The number of amides is 1. The molecule has 29 heavy (non-hydrogen) atoms. The maximum absolute atomic E-state index is 14.2. The van der Waals surface area contributed by atoms with Gasteiger partial charge in [0.05, 0.1) is 18.8 Å². The molecule has 1 fully saturated rings. The Labute approximate surface area is 167 Å². The summed E-state index contributed by atoms with van der Waals surface area (Å²) in [5.41, 5.74) is 1.73. The molecule has 0 spiro atoms. The fourth-order valence-electron chi connectivity index (χ4n) is 4.25. The largest absolute Gasteiger partial charge is 0.489 e. The number of ether oxygens (including phenoxy) is 1. The van der Waals surface area contributed by atoms with E-state index in [1.165, 1.54) is 12.3 Å². The molecule has 2 bridgehead atoms. The molecule has 0 radical (unpaired) electrons. The Hall–Kier alpha value is -3.16. The number of halogens is 1. The van der Waals surface area contributed by atoms with Crippen molar-refractivity contribution < 1.29 is 13.9 Å². The number of nitrogens with zero attached hydrogens (tertiary/aromatic N) is 4.